The van der Waals surface area contributed by atoms with Gasteiger partial charge in [-0.05, 0) is 30.0 Å². The molecule has 1 aromatic heterocycles. The lowest BCUT2D eigenvalue weighted by Crippen LogP contribution is -2.11. The summed E-state index contributed by atoms with van der Waals surface area (Å²) in [7, 11) is 0. The Labute approximate surface area is 95.8 Å². The van der Waals surface area contributed by atoms with Crippen LogP contribution in [0.3, 0.4) is 0 Å². The molecule has 15 heavy (non-hydrogen) atoms. The number of carbonyl (C=O) groups excluding carboxylic acids is 1. The minimum Gasteiger partial charge on any atom is -0.370 e. The Morgan fingerprint density at radius 3 is 2.93 bits per heavy atom. The van der Waals surface area contributed by atoms with Gasteiger partial charge in [0.2, 0.25) is 5.91 Å². The fourth-order valence-corrected chi connectivity index (χ4v) is 1.91. The molecule has 0 unspecified atom stereocenters. The molecule has 0 fully saturated rings. The minimum atomic E-state index is -0.269. The van der Waals surface area contributed by atoms with Crippen LogP contribution in [0.4, 0.5) is 0 Å². The maximum atomic E-state index is 10.6. The van der Waals surface area contributed by atoms with E-state index in [0.717, 1.165) is 21.1 Å². The molecule has 1 heterocycles. The number of primary amides is 1. The molecule has 78 valence electrons. The molecule has 0 bridgehead atoms. The Morgan fingerprint density at radius 1 is 1.40 bits per heavy atom. The minimum absolute atomic E-state index is 0.269. The van der Waals surface area contributed by atoms with Crippen molar-refractivity contribution < 1.29 is 4.79 Å². The van der Waals surface area contributed by atoms with Crippen molar-refractivity contribution in [2.24, 2.45) is 5.73 Å². The van der Waals surface area contributed by atoms with Gasteiger partial charge in [0.25, 0.3) is 0 Å². The lowest BCUT2D eigenvalue weighted by atomic mass is 10.2. The number of fused-ring (bicyclic) bond motifs is 1. The summed E-state index contributed by atoms with van der Waals surface area (Å²) >= 11 is 3.41. The Morgan fingerprint density at radius 2 is 2.20 bits per heavy atom. The van der Waals surface area contributed by atoms with Crippen molar-refractivity contribution in [3.63, 3.8) is 0 Å². The van der Waals surface area contributed by atoms with E-state index in [1.165, 1.54) is 0 Å². The Hall–Kier alpha value is -1.29. The number of nitrogens with one attached hydrogen (secondary N) is 1. The maximum absolute atomic E-state index is 10.6. The fourth-order valence-electron chi connectivity index (χ4n) is 1.55. The van der Waals surface area contributed by atoms with Crippen molar-refractivity contribution in [1.29, 1.82) is 0 Å². The number of aromatic amines is 1. The van der Waals surface area contributed by atoms with Crippen molar-refractivity contribution >= 4 is 32.7 Å². The first-order chi connectivity index (χ1) is 7.15. The van der Waals surface area contributed by atoms with Gasteiger partial charge in [0.05, 0.1) is 0 Å². The van der Waals surface area contributed by atoms with Gasteiger partial charge in [-0.15, -0.1) is 0 Å². The van der Waals surface area contributed by atoms with Crippen molar-refractivity contribution in [3.05, 3.63) is 34.4 Å². The van der Waals surface area contributed by atoms with Crippen LogP contribution in [0.15, 0.2) is 28.7 Å². The number of hydrogen-bond acceptors (Lipinski definition) is 1. The first-order valence-electron chi connectivity index (χ1n) is 4.70. The van der Waals surface area contributed by atoms with Crippen molar-refractivity contribution in [1.82, 2.24) is 4.98 Å². The summed E-state index contributed by atoms with van der Waals surface area (Å²) < 4.78 is 1.04. The summed E-state index contributed by atoms with van der Waals surface area (Å²) in [5, 5.41) is 1.15. The number of rotatable bonds is 3. The van der Waals surface area contributed by atoms with Crippen LogP contribution >= 0.6 is 15.9 Å². The van der Waals surface area contributed by atoms with Crippen LogP contribution in [-0.4, -0.2) is 10.9 Å². The molecule has 3 nitrogen and oxygen atoms in total. The molecule has 0 aliphatic rings. The fraction of sp³-hybridized carbons (Fsp3) is 0.182. The van der Waals surface area contributed by atoms with Gasteiger partial charge in [0.1, 0.15) is 0 Å². The molecule has 2 rings (SSSR count). The number of carbonyl (C=O) groups is 1. The van der Waals surface area contributed by atoms with Gasteiger partial charge in [0, 0.05) is 22.1 Å². The highest BCUT2D eigenvalue weighted by molar-refractivity contribution is 9.10. The zero-order chi connectivity index (χ0) is 10.8. The topological polar surface area (TPSA) is 58.9 Å². The second-order valence-corrected chi connectivity index (χ2v) is 4.41. The van der Waals surface area contributed by atoms with E-state index in [9.17, 15) is 4.79 Å². The van der Waals surface area contributed by atoms with Gasteiger partial charge >= 0.3 is 0 Å². The summed E-state index contributed by atoms with van der Waals surface area (Å²) in [6, 6.07) is 8.09. The summed E-state index contributed by atoms with van der Waals surface area (Å²) in [6.45, 7) is 0. The lowest BCUT2D eigenvalue weighted by molar-refractivity contribution is -0.118. The summed E-state index contributed by atoms with van der Waals surface area (Å²) in [5.41, 5.74) is 7.21. The Kier molecular flexibility index (Phi) is 2.77. The van der Waals surface area contributed by atoms with E-state index in [1.807, 2.05) is 24.3 Å². The van der Waals surface area contributed by atoms with E-state index in [2.05, 4.69) is 20.9 Å². The molecule has 3 N–H and O–H groups in total. The van der Waals surface area contributed by atoms with Gasteiger partial charge < -0.3 is 10.7 Å². The van der Waals surface area contributed by atoms with Crippen LogP contribution in [-0.2, 0) is 11.2 Å². The Balaban J connectivity index is 2.27. The molecule has 0 aliphatic carbocycles. The highest BCUT2D eigenvalue weighted by Gasteiger charge is 2.02. The summed E-state index contributed by atoms with van der Waals surface area (Å²) in [6.07, 6.45) is 1.05. The molecule has 0 spiro atoms. The molecule has 0 radical (unpaired) electrons. The number of halogens is 1. The average molecular weight is 267 g/mol. The molecule has 0 saturated carbocycles. The van der Waals surface area contributed by atoms with Crippen LogP contribution < -0.4 is 5.73 Å². The zero-order valence-electron chi connectivity index (χ0n) is 8.09. The third kappa shape index (κ3) is 2.39. The third-order valence-electron chi connectivity index (χ3n) is 2.28. The third-order valence-corrected chi connectivity index (χ3v) is 2.77. The van der Waals surface area contributed by atoms with E-state index >= 15 is 0 Å². The molecular formula is C11H11BrN2O. The van der Waals surface area contributed by atoms with E-state index in [-0.39, 0.29) is 5.91 Å². The van der Waals surface area contributed by atoms with Crippen molar-refractivity contribution in [2.75, 3.05) is 0 Å². The quantitative estimate of drug-likeness (QED) is 0.881. The molecule has 4 heteroatoms. The standard InChI is InChI=1S/C11H11BrN2O/c12-8-2-1-7-5-9(3-4-11(13)15)14-10(7)6-8/h1-2,5-6,14H,3-4H2,(H2,13,15). The van der Waals surface area contributed by atoms with Gasteiger partial charge in [-0.2, -0.15) is 0 Å². The van der Waals surface area contributed by atoms with Crippen LogP contribution in [0.5, 0.6) is 0 Å². The normalized spacial score (nSPS) is 10.7. The van der Waals surface area contributed by atoms with Gasteiger partial charge in [-0.3, -0.25) is 4.79 Å². The lowest BCUT2D eigenvalue weighted by Gasteiger charge is -1.92. The smallest absolute Gasteiger partial charge is 0.217 e. The molecule has 0 aliphatic heterocycles. The number of H-pyrrole nitrogens is 1. The maximum Gasteiger partial charge on any atom is 0.217 e. The molecular weight excluding hydrogens is 256 g/mol. The second-order valence-electron chi connectivity index (χ2n) is 3.49. The highest BCUT2D eigenvalue weighted by Crippen LogP contribution is 2.20. The van der Waals surface area contributed by atoms with Gasteiger partial charge in [-0.25, -0.2) is 0 Å². The molecule has 2 aromatic rings. The summed E-state index contributed by atoms with van der Waals surface area (Å²) in [5.74, 6) is -0.269. The van der Waals surface area contributed by atoms with Crippen LogP contribution in [0, 0.1) is 0 Å². The van der Waals surface area contributed by atoms with Gasteiger partial charge in [0.15, 0.2) is 0 Å². The van der Waals surface area contributed by atoms with E-state index in [1.54, 1.807) is 0 Å². The Bertz CT molecular complexity index is 504. The van der Waals surface area contributed by atoms with Crippen molar-refractivity contribution in [3.8, 4) is 0 Å². The van der Waals surface area contributed by atoms with E-state index in [0.29, 0.717) is 12.8 Å². The van der Waals surface area contributed by atoms with Gasteiger partial charge in [-0.1, -0.05) is 22.0 Å². The average Bonchev–Trinajstić information content (AvgIpc) is 2.56. The number of benzene rings is 1. The number of amides is 1. The molecule has 0 saturated heterocycles. The summed E-state index contributed by atoms with van der Waals surface area (Å²) in [4.78, 5) is 13.9. The first-order valence-corrected chi connectivity index (χ1v) is 5.50. The van der Waals surface area contributed by atoms with Crippen LogP contribution in [0.25, 0.3) is 10.9 Å². The number of aryl methyl sites for hydroxylation is 1. The predicted octanol–water partition coefficient (Wildman–Crippen LogP) is 2.35. The molecule has 1 aromatic carbocycles. The van der Waals surface area contributed by atoms with Crippen LogP contribution in [0.2, 0.25) is 0 Å². The number of nitrogens with two attached hydrogens (primary N) is 1. The zero-order valence-corrected chi connectivity index (χ0v) is 9.67. The number of aromatic nitrogens is 1. The van der Waals surface area contributed by atoms with E-state index in [4.69, 9.17) is 5.73 Å². The molecule has 0 atom stereocenters. The number of hydrogen-bond donors (Lipinski definition) is 2. The van der Waals surface area contributed by atoms with E-state index < -0.39 is 0 Å². The van der Waals surface area contributed by atoms with Crippen LogP contribution in [0.1, 0.15) is 12.1 Å². The highest BCUT2D eigenvalue weighted by atomic mass is 79.9. The monoisotopic (exact) mass is 266 g/mol. The van der Waals surface area contributed by atoms with Crippen molar-refractivity contribution in [2.45, 2.75) is 12.8 Å². The SMILES string of the molecule is NC(=O)CCc1cc2ccc(Br)cc2[nH]1. The largest absolute Gasteiger partial charge is 0.370 e. The second kappa shape index (κ2) is 4.06. The predicted molar refractivity (Wildman–Crippen MR) is 63.5 cm³/mol. The first kappa shape index (κ1) is 10.2. The molecule has 1 amide bonds.